The number of aliphatic hydroxyl groups excluding tert-OH is 2. The summed E-state index contributed by atoms with van der Waals surface area (Å²) < 4.78 is 1.24. The summed E-state index contributed by atoms with van der Waals surface area (Å²) >= 11 is 1.69. The molecule has 4 heteroatoms. The number of anilines is 1. The number of fused-ring (bicyclic) bond motifs is 1. The fraction of sp³-hybridized carbons (Fsp3) is 0.333. The number of nitrogens with zero attached hydrogens (tertiary/aromatic N) is 1. The molecule has 0 saturated carbocycles. The van der Waals surface area contributed by atoms with Crippen LogP contribution in [-0.2, 0) is 0 Å². The first kappa shape index (κ1) is 11.4. The molecule has 86 valence electrons. The van der Waals surface area contributed by atoms with E-state index >= 15 is 0 Å². The smallest absolute Gasteiger partial charge is 0.0945 e. The molecule has 1 heterocycles. The van der Waals surface area contributed by atoms with Crippen molar-refractivity contribution in [2.24, 2.45) is 0 Å². The highest BCUT2D eigenvalue weighted by Crippen LogP contribution is 2.32. The van der Waals surface area contributed by atoms with Crippen molar-refractivity contribution < 1.29 is 10.2 Å². The van der Waals surface area contributed by atoms with Gasteiger partial charge in [-0.05, 0) is 6.07 Å². The van der Waals surface area contributed by atoms with Crippen molar-refractivity contribution in [3.63, 3.8) is 0 Å². The van der Waals surface area contributed by atoms with Crippen molar-refractivity contribution in [3.8, 4) is 0 Å². The van der Waals surface area contributed by atoms with Gasteiger partial charge in [0.1, 0.15) is 0 Å². The van der Waals surface area contributed by atoms with Crippen molar-refractivity contribution in [3.05, 3.63) is 29.6 Å². The number of likely N-dealkylation sites (N-methyl/N-ethyl adjacent to an activating group) is 1. The van der Waals surface area contributed by atoms with E-state index in [-0.39, 0.29) is 6.61 Å². The van der Waals surface area contributed by atoms with E-state index in [1.165, 1.54) is 10.1 Å². The van der Waals surface area contributed by atoms with E-state index in [2.05, 4.69) is 17.5 Å². The first-order chi connectivity index (χ1) is 7.72. The van der Waals surface area contributed by atoms with Gasteiger partial charge in [-0.15, -0.1) is 11.3 Å². The second-order valence-electron chi connectivity index (χ2n) is 3.83. The molecule has 0 saturated heterocycles. The lowest BCUT2D eigenvalue weighted by atomic mass is 10.2. The van der Waals surface area contributed by atoms with Gasteiger partial charge in [-0.1, -0.05) is 18.2 Å². The number of hydrogen-bond acceptors (Lipinski definition) is 4. The molecule has 0 bridgehead atoms. The van der Waals surface area contributed by atoms with Crippen molar-refractivity contribution in [1.82, 2.24) is 0 Å². The van der Waals surface area contributed by atoms with Gasteiger partial charge in [-0.2, -0.15) is 0 Å². The van der Waals surface area contributed by atoms with Crippen LogP contribution in [0.15, 0.2) is 29.6 Å². The lowest BCUT2D eigenvalue weighted by molar-refractivity contribution is 0.101. The van der Waals surface area contributed by atoms with Gasteiger partial charge in [-0.3, -0.25) is 0 Å². The maximum absolute atomic E-state index is 9.41. The van der Waals surface area contributed by atoms with Gasteiger partial charge >= 0.3 is 0 Å². The Labute approximate surface area is 98.6 Å². The monoisotopic (exact) mass is 237 g/mol. The highest BCUT2D eigenvalue weighted by atomic mass is 32.1. The Morgan fingerprint density at radius 3 is 2.88 bits per heavy atom. The van der Waals surface area contributed by atoms with Crippen LogP contribution >= 0.6 is 11.3 Å². The Hall–Kier alpha value is -1.10. The average Bonchev–Trinajstić information content (AvgIpc) is 2.72. The fourth-order valence-electron chi connectivity index (χ4n) is 1.73. The standard InChI is InChI=1S/C12H15NO2S/c1-13(6-9(15)7-14)11-8-16-12-5-3-2-4-10(11)12/h2-5,8-9,14-15H,6-7H2,1H3. The Kier molecular flexibility index (Phi) is 3.43. The molecule has 1 aromatic carbocycles. The molecule has 0 radical (unpaired) electrons. The Balaban J connectivity index is 2.26. The average molecular weight is 237 g/mol. The third-order valence-corrected chi connectivity index (χ3v) is 3.52. The minimum Gasteiger partial charge on any atom is -0.394 e. The van der Waals surface area contributed by atoms with E-state index in [0.29, 0.717) is 6.54 Å². The Bertz CT molecular complexity index is 469. The molecule has 2 N–H and O–H groups in total. The van der Waals surface area contributed by atoms with Gasteiger partial charge in [-0.25, -0.2) is 0 Å². The molecule has 16 heavy (non-hydrogen) atoms. The van der Waals surface area contributed by atoms with Crippen LogP contribution in [0.1, 0.15) is 0 Å². The summed E-state index contributed by atoms with van der Waals surface area (Å²) in [6, 6.07) is 8.18. The van der Waals surface area contributed by atoms with E-state index in [4.69, 9.17) is 5.11 Å². The molecular formula is C12H15NO2S. The predicted molar refractivity (Wildman–Crippen MR) is 68.2 cm³/mol. The maximum atomic E-state index is 9.41. The molecular weight excluding hydrogens is 222 g/mol. The molecule has 1 unspecified atom stereocenters. The van der Waals surface area contributed by atoms with Gasteiger partial charge in [0.15, 0.2) is 0 Å². The molecule has 2 rings (SSSR count). The minimum atomic E-state index is -0.691. The van der Waals surface area contributed by atoms with E-state index in [1.54, 1.807) is 11.3 Å². The maximum Gasteiger partial charge on any atom is 0.0945 e. The van der Waals surface area contributed by atoms with E-state index in [0.717, 1.165) is 5.69 Å². The third-order valence-electron chi connectivity index (χ3n) is 2.57. The van der Waals surface area contributed by atoms with Gasteiger partial charge in [0, 0.05) is 29.1 Å². The first-order valence-electron chi connectivity index (χ1n) is 5.18. The molecule has 2 aromatic rings. The summed E-state index contributed by atoms with van der Waals surface area (Å²) in [7, 11) is 1.92. The molecule has 1 atom stereocenters. The zero-order valence-electron chi connectivity index (χ0n) is 9.13. The molecule has 0 fully saturated rings. The van der Waals surface area contributed by atoms with Crippen LogP contribution in [0, 0.1) is 0 Å². The second kappa shape index (κ2) is 4.82. The number of aliphatic hydroxyl groups is 2. The van der Waals surface area contributed by atoms with E-state index in [9.17, 15) is 5.11 Å². The third kappa shape index (κ3) is 2.19. The molecule has 0 spiro atoms. The highest BCUT2D eigenvalue weighted by molar-refractivity contribution is 7.17. The number of hydrogen-bond donors (Lipinski definition) is 2. The zero-order valence-corrected chi connectivity index (χ0v) is 9.94. The van der Waals surface area contributed by atoms with Gasteiger partial charge in [0.05, 0.1) is 18.4 Å². The first-order valence-corrected chi connectivity index (χ1v) is 6.06. The van der Waals surface area contributed by atoms with Crippen LogP contribution < -0.4 is 4.90 Å². The number of benzene rings is 1. The zero-order chi connectivity index (χ0) is 11.5. The SMILES string of the molecule is CN(CC(O)CO)c1csc2ccccc12. The number of thiophene rings is 1. The molecule has 0 aliphatic heterocycles. The highest BCUT2D eigenvalue weighted by Gasteiger charge is 2.11. The van der Waals surface area contributed by atoms with Crippen molar-refractivity contribution >= 4 is 27.1 Å². The predicted octanol–water partition coefficient (Wildman–Crippen LogP) is 1.69. The molecule has 1 aromatic heterocycles. The minimum absolute atomic E-state index is 0.202. The summed E-state index contributed by atoms with van der Waals surface area (Å²) in [5.74, 6) is 0. The van der Waals surface area contributed by atoms with Crippen LogP contribution in [0.25, 0.3) is 10.1 Å². The lowest BCUT2D eigenvalue weighted by Crippen LogP contribution is -2.31. The quantitative estimate of drug-likeness (QED) is 0.850. The largest absolute Gasteiger partial charge is 0.394 e. The van der Waals surface area contributed by atoms with Crippen LogP contribution in [-0.4, -0.2) is 36.5 Å². The van der Waals surface area contributed by atoms with Crippen molar-refractivity contribution in [2.75, 3.05) is 25.1 Å². The second-order valence-corrected chi connectivity index (χ2v) is 4.75. The van der Waals surface area contributed by atoms with Crippen LogP contribution in [0.5, 0.6) is 0 Å². The van der Waals surface area contributed by atoms with Gasteiger partial charge in [0.25, 0.3) is 0 Å². The molecule has 0 aliphatic rings. The van der Waals surface area contributed by atoms with Crippen molar-refractivity contribution in [2.45, 2.75) is 6.10 Å². The summed E-state index contributed by atoms with van der Waals surface area (Å²) in [6.45, 7) is 0.240. The lowest BCUT2D eigenvalue weighted by Gasteiger charge is -2.20. The van der Waals surface area contributed by atoms with E-state index in [1.807, 2.05) is 24.1 Å². The summed E-state index contributed by atoms with van der Waals surface area (Å²) in [5, 5.41) is 21.5. The normalized spacial score (nSPS) is 12.9. The summed E-state index contributed by atoms with van der Waals surface area (Å²) in [4.78, 5) is 1.97. The molecule has 0 aliphatic carbocycles. The summed E-state index contributed by atoms with van der Waals surface area (Å²) in [6.07, 6.45) is -0.691. The Morgan fingerprint density at radius 1 is 1.38 bits per heavy atom. The van der Waals surface area contributed by atoms with Crippen LogP contribution in [0.2, 0.25) is 0 Å². The van der Waals surface area contributed by atoms with E-state index < -0.39 is 6.10 Å². The summed E-state index contributed by atoms with van der Waals surface area (Å²) in [5.41, 5.74) is 1.10. The number of rotatable bonds is 4. The van der Waals surface area contributed by atoms with Crippen molar-refractivity contribution in [1.29, 1.82) is 0 Å². The Morgan fingerprint density at radius 2 is 2.12 bits per heavy atom. The molecule has 3 nitrogen and oxygen atoms in total. The van der Waals surface area contributed by atoms with Gasteiger partial charge < -0.3 is 15.1 Å². The fourth-order valence-corrected chi connectivity index (χ4v) is 2.73. The van der Waals surface area contributed by atoms with Crippen LogP contribution in [0.3, 0.4) is 0 Å². The molecule has 0 amide bonds. The van der Waals surface area contributed by atoms with Gasteiger partial charge in [0.2, 0.25) is 0 Å². The topological polar surface area (TPSA) is 43.7 Å². The van der Waals surface area contributed by atoms with Crippen LogP contribution in [0.4, 0.5) is 5.69 Å².